The second kappa shape index (κ2) is 4.14. The highest BCUT2D eigenvalue weighted by atomic mass is 35.5. The summed E-state index contributed by atoms with van der Waals surface area (Å²) in [5, 5.41) is 14.3. The van der Waals surface area contributed by atoms with Crippen LogP contribution in [-0.4, -0.2) is 15.4 Å². The molecular weight excluding hydrogens is 242 g/mol. The zero-order valence-corrected chi connectivity index (χ0v) is 10.5. The van der Waals surface area contributed by atoms with E-state index in [9.17, 15) is 10.1 Å². The lowest BCUT2D eigenvalue weighted by Crippen LogP contribution is -2.34. The van der Waals surface area contributed by atoms with Crippen LogP contribution in [0.1, 0.15) is 26.7 Å². The van der Waals surface area contributed by atoms with Gasteiger partial charge in [0, 0.05) is 11.6 Å². The van der Waals surface area contributed by atoms with Crippen molar-refractivity contribution in [3.63, 3.8) is 0 Å². The van der Waals surface area contributed by atoms with E-state index in [1.54, 1.807) is 0 Å². The Balaban J connectivity index is 2.30. The predicted octanol–water partition coefficient (Wildman–Crippen LogP) is 3.24. The summed E-state index contributed by atoms with van der Waals surface area (Å²) in [5.74, 6) is 0.794. The number of anilines is 1. The molecule has 17 heavy (non-hydrogen) atoms. The van der Waals surface area contributed by atoms with Crippen LogP contribution in [0, 0.1) is 16.0 Å². The first-order chi connectivity index (χ1) is 7.90. The third-order valence-electron chi connectivity index (χ3n) is 3.08. The Kier molecular flexibility index (Phi) is 2.95. The topological polar surface area (TPSA) is 68.1 Å². The van der Waals surface area contributed by atoms with Gasteiger partial charge in [-0.3, -0.25) is 10.1 Å². The van der Waals surface area contributed by atoms with Gasteiger partial charge in [-0.15, -0.1) is 0 Å². The molecule has 1 saturated carbocycles. The molecule has 0 amide bonds. The largest absolute Gasteiger partial charge is 0.359 e. The molecule has 0 radical (unpaired) electrons. The summed E-state index contributed by atoms with van der Waals surface area (Å²) < 4.78 is 0. The van der Waals surface area contributed by atoms with Gasteiger partial charge in [-0.25, -0.2) is 4.98 Å². The van der Waals surface area contributed by atoms with Crippen molar-refractivity contribution in [3.05, 3.63) is 27.4 Å². The molecule has 1 N–H and O–H groups in total. The number of nitro groups is 1. The van der Waals surface area contributed by atoms with Crippen molar-refractivity contribution in [2.24, 2.45) is 5.92 Å². The van der Waals surface area contributed by atoms with Crippen molar-refractivity contribution in [2.45, 2.75) is 32.2 Å². The maximum Gasteiger partial charge on any atom is 0.311 e. The van der Waals surface area contributed by atoms with Gasteiger partial charge in [-0.05, 0) is 38.7 Å². The van der Waals surface area contributed by atoms with Crippen LogP contribution in [0.4, 0.5) is 11.5 Å². The van der Waals surface area contributed by atoms with Gasteiger partial charge in [-0.2, -0.15) is 0 Å². The standard InChI is InChI=1S/C11H14ClN3O2/c1-11(2,7-3-4-7)14-10-8(15(16)17)5-6-9(12)13-10/h5-7H,3-4H2,1-2H3,(H,13,14). The fraction of sp³-hybridized carbons (Fsp3) is 0.545. The lowest BCUT2D eigenvalue weighted by Gasteiger charge is -2.26. The van der Waals surface area contributed by atoms with Crippen LogP contribution in [0.25, 0.3) is 0 Å². The quantitative estimate of drug-likeness (QED) is 0.509. The van der Waals surface area contributed by atoms with E-state index < -0.39 is 4.92 Å². The maximum atomic E-state index is 10.9. The van der Waals surface area contributed by atoms with Crippen LogP contribution in [0.15, 0.2) is 12.1 Å². The molecule has 0 aliphatic heterocycles. The number of nitrogens with zero attached hydrogens (tertiary/aromatic N) is 2. The first-order valence-electron chi connectivity index (χ1n) is 5.49. The molecular formula is C11H14ClN3O2. The highest BCUT2D eigenvalue weighted by Gasteiger charge is 2.39. The van der Waals surface area contributed by atoms with Gasteiger partial charge in [0.15, 0.2) is 0 Å². The minimum atomic E-state index is -0.450. The summed E-state index contributed by atoms with van der Waals surface area (Å²) in [6.45, 7) is 4.05. The van der Waals surface area contributed by atoms with Crippen LogP contribution < -0.4 is 5.32 Å². The zero-order valence-electron chi connectivity index (χ0n) is 9.74. The normalized spacial score (nSPS) is 15.7. The number of nitrogens with one attached hydrogen (secondary N) is 1. The third-order valence-corrected chi connectivity index (χ3v) is 3.29. The van der Waals surface area contributed by atoms with Gasteiger partial charge in [0.1, 0.15) is 5.15 Å². The van der Waals surface area contributed by atoms with E-state index in [1.807, 2.05) is 13.8 Å². The minimum Gasteiger partial charge on any atom is -0.359 e. The summed E-state index contributed by atoms with van der Waals surface area (Å²) in [5.41, 5.74) is -0.231. The first kappa shape index (κ1) is 12.1. The summed E-state index contributed by atoms with van der Waals surface area (Å²) in [4.78, 5) is 14.4. The smallest absolute Gasteiger partial charge is 0.311 e. The lowest BCUT2D eigenvalue weighted by molar-refractivity contribution is -0.384. The molecule has 1 aromatic rings. The third kappa shape index (κ3) is 2.66. The van der Waals surface area contributed by atoms with Crippen molar-refractivity contribution < 1.29 is 4.92 Å². The van der Waals surface area contributed by atoms with Crippen molar-refractivity contribution in [1.29, 1.82) is 0 Å². The van der Waals surface area contributed by atoms with E-state index in [2.05, 4.69) is 10.3 Å². The fourth-order valence-electron chi connectivity index (χ4n) is 1.88. The Labute approximate surface area is 104 Å². The number of rotatable bonds is 4. The maximum absolute atomic E-state index is 10.9. The second-order valence-electron chi connectivity index (χ2n) is 4.88. The lowest BCUT2D eigenvalue weighted by atomic mass is 9.99. The Morgan fingerprint density at radius 2 is 2.18 bits per heavy atom. The Bertz CT molecular complexity index is 458. The van der Waals surface area contributed by atoms with Gasteiger partial charge < -0.3 is 5.32 Å². The summed E-state index contributed by atoms with van der Waals surface area (Å²) >= 11 is 5.77. The molecule has 1 aliphatic rings. The molecule has 5 nitrogen and oxygen atoms in total. The van der Waals surface area contributed by atoms with E-state index in [4.69, 9.17) is 11.6 Å². The fourth-order valence-corrected chi connectivity index (χ4v) is 2.03. The summed E-state index contributed by atoms with van der Waals surface area (Å²) in [7, 11) is 0. The SMILES string of the molecule is CC(C)(Nc1nc(Cl)ccc1[N+](=O)[O-])C1CC1. The predicted molar refractivity (Wildman–Crippen MR) is 66.3 cm³/mol. The second-order valence-corrected chi connectivity index (χ2v) is 5.27. The number of pyridine rings is 1. The number of aromatic nitrogens is 1. The van der Waals surface area contributed by atoms with E-state index >= 15 is 0 Å². The molecule has 0 aromatic carbocycles. The van der Waals surface area contributed by atoms with Gasteiger partial charge in [0.05, 0.1) is 4.92 Å². The van der Waals surface area contributed by atoms with Crippen LogP contribution >= 0.6 is 11.6 Å². The van der Waals surface area contributed by atoms with E-state index in [1.165, 1.54) is 12.1 Å². The molecule has 1 aromatic heterocycles. The van der Waals surface area contributed by atoms with E-state index in [0.717, 1.165) is 12.8 Å². The number of halogens is 1. The van der Waals surface area contributed by atoms with Crippen LogP contribution in [0.3, 0.4) is 0 Å². The molecule has 2 rings (SSSR count). The number of hydrogen-bond donors (Lipinski definition) is 1. The summed E-state index contributed by atoms with van der Waals surface area (Å²) in [6.07, 6.45) is 2.29. The monoisotopic (exact) mass is 255 g/mol. The highest BCUT2D eigenvalue weighted by Crippen LogP contribution is 2.42. The van der Waals surface area contributed by atoms with Crippen molar-refractivity contribution >= 4 is 23.1 Å². The highest BCUT2D eigenvalue weighted by molar-refractivity contribution is 6.29. The Morgan fingerprint density at radius 3 is 2.71 bits per heavy atom. The molecule has 6 heteroatoms. The molecule has 1 fully saturated rings. The van der Waals surface area contributed by atoms with E-state index in [0.29, 0.717) is 5.92 Å². The molecule has 0 saturated heterocycles. The number of hydrogen-bond acceptors (Lipinski definition) is 4. The Morgan fingerprint density at radius 1 is 1.53 bits per heavy atom. The van der Waals surface area contributed by atoms with Crippen molar-refractivity contribution in [2.75, 3.05) is 5.32 Å². The molecule has 0 spiro atoms. The first-order valence-corrected chi connectivity index (χ1v) is 5.87. The van der Waals surface area contributed by atoms with Gasteiger partial charge >= 0.3 is 5.69 Å². The Hall–Kier alpha value is -1.36. The van der Waals surface area contributed by atoms with Gasteiger partial charge in [0.25, 0.3) is 0 Å². The van der Waals surface area contributed by atoms with Crippen LogP contribution in [-0.2, 0) is 0 Å². The average molecular weight is 256 g/mol. The minimum absolute atomic E-state index is 0.0388. The van der Waals surface area contributed by atoms with Crippen molar-refractivity contribution in [1.82, 2.24) is 4.98 Å². The van der Waals surface area contributed by atoms with Gasteiger partial charge in [-0.1, -0.05) is 11.6 Å². The average Bonchev–Trinajstić information content (AvgIpc) is 2.99. The van der Waals surface area contributed by atoms with E-state index in [-0.39, 0.29) is 22.2 Å². The van der Waals surface area contributed by atoms with Gasteiger partial charge in [0.2, 0.25) is 5.82 Å². The van der Waals surface area contributed by atoms with Crippen LogP contribution in [0.2, 0.25) is 5.15 Å². The molecule has 0 atom stereocenters. The molecule has 1 aliphatic carbocycles. The van der Waals surface area contributed by atoms with Crippen molar-refractivity contribution in [3.8, 4) is 0 Å². The molecule has 0 unspecified atom stereocenters. The van der Waals surface area contributed by atoms with Crippen LogP contribution in [0.5, 0.6) is 0 Å². The molecule has 92 valence electrons. The zero-order chi connectivity index (χ0) is 12.6. The molecule has 1 heterocycles. The molecule has 0 bridgehead atoms. The summed E-state index contributed by atoms with van der Waals surface area (Å²) in [6, 6.07) is 2.80.